The van der Waals surface area contributed by atoms with Crippen LogP contribution in [-0.2, 0) is 11.5 Å². The predicted molar refractivity (Wildman–Crippen MR) is 72.3 cm³/mol. The minimum absolute atomic E-state index is 0.251. The third-order valence-electron chi connectivity index (χ3n) is 2.78. The van der Waals surface area contributed by atoms with E-state index in [1.54, 1.807) is 24.1 Å². The molecule has 102 valence electrons. The van der Waals surface area contributed by atoms with Gasteiger partial charge in [-0.2, -0.15) is 13.2 Å². The zero-order valence-corrected chi connectivity index (χ0v) is 12.1. The Kier molecular flexibility index (Phi) is 5.50. The maximum atomic E-state index is 13.0. The standard InChI is InChI=1S/C13H17BrF3N/c1-3-4-7-18(2)12-6-5-10(9-14)8-11(12)13(15,16)17/h5-6,8H,3-4,7,9H2,1-2H3. The predicted octanol–water partition coefficient (Wildman–Crippen LogP) is 4.84. The van der Waals surface area contributed by atoms with Gasteiger partial charge < -0.3 is 4.90 Å². The molecule has 0 saturated heterocycles. The van der Waals surface area contributed by atoms with Crippen molar-refractivity contribution in [2.75, 3.05) is 18.5 Å². The number of hydrogen-bond donors (Lipinski definition) is 0. The highest BCUT2D eigenvalue weighted by Gasteiger charge is 2.34. The maximum Gasteiger partial charge on any atom is 0.418 e. The number of hydrogen-bond acceptors (Lipinski definition) is 1. The van der Waals surface area contributed by atoms with Crippen LogP contribution in [0.5, 0.6) is 0 Å². The van der Waals surface area contributed by atoms with Gasteiger partial charge in [0.1, 0.15) is 0 Å². The highest BCUT2D eigenvalue weighted by atomic mass is 79.9. The van der Waals surface area contributed by atoms with Gasteiger partial charge in [-0.1, -0.05) is 35.3 Å². The van der Waals surface area contributed by atoms with E-state index in [1.165, 1.54) is 6.07 Å². The molecule has 0 aliphatic rings. The molecule has 0 atom stereocenters. The number of unbranched alkanes of at least 4 members (excludes halogenated alkanes) is 1. The van der Waals surface area contributed by atoms with Crippen LogP contribution in [0, 0.1) is 0 Å². The first-order valence-electron chi connectivity index (χ1n) is 5.87. The summed E-state index contributed by atoms with van der Waals surface area (Å²) in [6, 6.07) is 4.49. The first-order valence-corrected chi connectivity index (χ1v) is 6.99. The Morgan fingerprint density at radius 1 is 1.28 bits per heavy atom. The summed E-state index contributed by atoms with van der Waals surface area (Å²) in [4.78, 5) is 1.67. The molecule has 1 aromatic rings. The summed E-state index contributed by atoms with van der Waals surface area (Å²) in [7, 11) is 1.70. The fourth-order valence-corrected chi connectivity index (χ4v) is 2.09. The molecular formula is C13H17BrF3N. The number of nitrogens with zero attached hydrogens (tertiary/aromatic N) is 1. The average molecular weight is 324 g/mol. The number of benzene rings is 1. The molecule has 0 N–H and O–H groups in total. The van der Waals surface area contributed by atoms with E-state index >= 15 is 0 Å². The molecule has 18 heavy (non-hydrogen) atoms. The van der Waals surface area contributed by atoms with Crippen molar-refractivity contribution in [2.24, 2.45) is 0 Å². The van der Waals surface area contributed by atoms with Gasteiger partial charge in [-0.05, 0) is 24.1 Å². The van der Waals surface area contributed by atoms with Crippen molar-refractivity contribution in [3.05, 3.63) is 29.3 Å². The zero-order chi connectivity index (χ0) is 13.8. The molecule has 0 heterocycles. The van der Waals surface area contributed by atoms with Gasteiger partial charge in [0.25, 0.3) is 0 Å². The highest BCUT2D eigenvalue weighted by molar-refractivity contribution is 9.08. The second kappa shape index (κ2) is 6.45. The van der Waals surface area contributed by atoms with E-state index in [2.05, 4.69) is 15.9 Å². The zero-order valence-electron chi connectivity index (χ0n) is 10.5. The van der Waals surface area contributed by atoms with Crippen LogP contribution in [0.1, 0.15) is 30.9 Å². The Hall–Kier alpha value is -0.710. The third-order valence-corrected chi connectivity index (χ3v) is 3.43. The minimum atomic E-state index is -4.31. The van der Waals surface area contributed by atoms with Crippen molar-refractivity contribution in [1.29, 1.82) is 0 Å². The number of rotatable bonds is 5. The Morgan fingerprint density at radius 2 is 1.94 bits per heavy atom. The monoisotopic (exact) mass is 323 g/mol. The molecule has 1 rings (SSSR count). The fraction of sp³-hybridized carbons (Fsp3) is 0.538. The van der Waals surface area contributed by atoms with Crippen LogP contribution < -0.4 is 4.90 Å². The van der Waals surface area contributed by atoms with Crippen molar-refractivity contribution in [2.45, 2.75) is 31.3 Å². The summed E-state index contributed by atoms with van der Waals surface area (Å²) in [5, 5.41) is 0.426. The van der Waals surface area contributed by atoms with E-state index in [1.807, 2.05) is 6.92 Å². The summed E-state index contributed by atoms with van der Waals surface area (Å²) in [5.74, 6) is 0. The molecule has 0 radical (unpaired) electrons. The molecule has 0 spiro atoms. The van der Waals surface area contributed by atoms with Crippen LogP contribution in [0.4, 0.5) is 18.9 Å². The van der Waals surface area contributed by atoms with Crippen LogP contribution in [0.25, 0.3) is 0 Å². The first kappa shape index (κ1) is 15.3. The Bertz CT molecular complexity index is 390. The van der Waals surface area contributed by atoms with E-state index in [-0.39, 0.29) is 5.69 Å². The SMILES string of the molecule is CCCCN(C)c1ccc(CBr)cc1C(F)(F)F. The van der Waals surface area contributed by atoms with Crippen molar-refractivity contribution in [1.82, 2.24) is 0 Å². The van der Waals surface area contributed by atoms with E-state index in [4.69, 9.17) is 0 Å². The summed E-state index contributed by atoms with van der Waals surface area (Å²) >= 11 is 3.18. The van der Waals surface area contributed by atoms with E-state index < -0.39 is 11.7 Å². The fourth-order valence-electron chi connectivity index (χ4n) is 1.74. The molecule has 5 heteroatoms. The molecule has 1 nitrogen and oxygen atoms in total. The van der Waals surface area contributed by atoms with Gasteiger partial charge >= 0.3 is 6.18 Å². The van der Waals surface area contributed by atoms with Gasteiger partial charge in [-0.3, -0.25) is 0 Å². The Labute approximate surface area is 114 Å². The van der Waals surface area contributed by atoms with E-state index in [0.29, 0.717) is 17.4 Å². The van der Waals surface area contributed by atoms with E-state index in [0.717, 1.165) is 12.8 Å². The first-order chi connectivity index (χ1) is 8.40. The van der Waals surface area contributed by atoms with Gasteiger partial charge in [0, 0.05) is 24.6 Å². The van der Waals surface area contributed by atoms with Crippen LogP contribution >= 0.6 is 15.9 Å². The summed E-state index contributed by atoms with van der Waals surface area (Å²) in [5.41, 5.74) is 0.327. The molecule has 0 bridgehead atoms. The minimum Gasteiger partial charge on any atom is -0.374 e. The van der Waals surface area contributed by atoms with Gasteiger partial charge in [0.15, 0.2) is 0 Å². The number of halogens is 4. The van der Waals surface area contributed by atoms with Crippen molar-refractivity contribution in [3.63, 3.8) is 0 Å². The van der Waals surface area contributed by atoms with Gasteiger partial charge in [-0.25, -0.2) is 0 Å². The molecule has 0 amide bonds. The second-order valence-electron chi connectivity index (χ2n) is 4.26. The van der Waals surface area contributed by atoms with Crippen LogP contribution in [0.3, 0.4) is 0 Å². The summed E-state index contributed by atoms with van der Waals surface area (Å²) < 4.78 is 39.0. The lowest BCUT2D eigenvalue weighted by Gasteiger charge is -2.24. The molecule has 0 saturated carbocycles. The molecule has 1 aromatic carbocycles. The molecule has 0 aromatic heterocycles. The molecular weight excluding hydrogens is 307 g/mol. The van der Waals surface area contributed by atoms with Crippen molar-refractivity contribution in [3.8, 4) is 0 Å². The lowest BCUT2D eigenvalue weighted by atomic mass is 10.1. The Morgan fingerprint density at radius 3 is 2.44 bits per heavy atom. The van der Waals surface area contributed by atoms with Gasteiger partial charge in [-0.15, -0.1) is 0 Å². The highest BCUT2D eigenvalue weighted by Crippen LogP contribution is 2.37. The lowest BCUT2D eigenvalue weighted by Crippen LogP contribution is -2.22. The van der Waals surface area contributed by atoms with Crippen LogP contribution in [-0.4, -0.2) is 13.6 Å². The third kappa shape index (κ3) is 3.90. The number of alkyl halides is 4. The van der Waals surface area contributed by atoms with Crippen molar-refractivity contribution < 1.29 is 13.2 Å². The quantitative estimate of drug-likeness (QED) is 0.701. The van der Waals surface area contributed by atoms with Crippen molar-refractivity contribution >= 4 is 21.6 Å². The molecule has 0 unspecified atom stereocenters. The van der Waals surface area contributed by atoms with Gasteiger partial charge in [0.2, 0.25) is 0 Å². The lowest BCUT2D eigenvalue weighted by molar-refractivity contribution is -0.137. The smallest absolute Gasteiger partial charge is 0.374 e. The van der Waals surface area contributed by atoms with Crippen LogP contribution in [0.2, 0.25) is 0 Å². The molecule has 0 aliphatic heterocycles. The molecule has 0 aliphatic carbocycles. The largest absolute Gasteiger partial charge is 0.418 e. The normalized spacial score (nSPS) is 11.7. The van der Waals surface area contributed by atoms with Gasteiger partial charge in [0.05, 0.1) is 5.56 Å². The Balaban J connectivity index is 3.10. The van der Waals surface area contributed by atoms with E-state index in [9.17, 15) is 13.2 Å². The summed E-state index contributed by atoms with van der Waals surface area (Å²) in [6.07, 6.45) is -2.47. The number of anilines is 1. The maximum absolute atomic E-state index is 13.0. The summed E-state index contributed by atoms with van der Waals surface area (Å²) in [6.45, 7) is 2.65. The van der Waals surface area contributed by atoms with Crippen LogP contribution in [0.15, 0.2) is 18.2 Å². The topological polar surface area (TPSA) is 3.24 Å². The molecule has 0 fully saturated rings. The average Bonchev–Trinajstić information content (AvgIpc) is 2.34. The second-order valence-corrected chi connectivity index (χ2v) is 4.82.